The van der Waals surface area contributed by atoms with Crippen molar-refractivity contribution in [2.75, 3.05) is 4.90 Å². The van der Waals surface area contributed by atoms with Crippen LogP contribution in [0.1, 0.15) is 18.0 Å². The first-order chi connectivity index (χ1) is 14.0. The molecule has 1 amide bonds. The van der Waals surface area contributed by atoms with Crippen LogP contribution in [0.25, 0.3) is 0 Å². The minimum absolute atomic E-state index is 0.0337. The lowest BCUT2D eigenvalue weighted by molar-refractivity contribution is -0.128. The van der Waals surface area contributed by atoms with Crippen molar-refractivity contribution in [3.63, 3.8) is 0 Å². The van der Waals surface area contributed by atoms with Gasteiger partial charge in [0.2, 0.25) is 0 Å². The van der Waals surface area contributed by atoms with Gasteiger partial charge in [0.15, 0.2) is 14.6 Å². The van der Waals surface area contributed by atoms with Gasteiger partial charge in [0, 0.05) is 5.69 Å². The van der Waals surface area contributed by atoms with Crippen molar-refractivity contribution in [2.45, 2.75) is 22.1 Å². The van der Waals surface area contributed by atoms with Crippen molar-refractivity contribution in [1.82, 2.24) is 0 Å². The van der Waals surface area contributed by atoms with Crippen molar-refractivity contribution in [3.05, 3.63) is 109 Å². The summed E-state index contributed by atoms with van der Waals surface area (Å²) < 4.78 is 26.0. The van der Waals surface area contributed by atoms with Crippen molar-refractivity contribution >= 4 is 21.4 Å². The molecule has 0 unspecified atom stereocenters. The maximum Gasteiger partial charge on any atom is 0.252 e. The Labute approximate surface area is 171 Å². The van der Waals surface area contributed by atoms with Crippen LogP contribution in [0.3, 0.4) is 0 Å². The lowest BCUT2D eigenvalue weighted by atomic mass is 9.78. The standard InChI is InChI=1S/C24H21NO3S/c1-2-18-24(29(27,28)21-16-10-5-11-17-21)22(19-12-6-3-7-13-19)25(23(24)26)20-14-8-4-9-15-20/h2-17,22H,1,18H2/t22-,24+/m1/s1. The molecule has 2 atom stereocenters. The molecule has 0 aromatic heterocycles. The molecule has 0 bridgehead atoms. The van der Waals surface area contributed by atoms with Gasteiger partial charge in [-0.25, -0.2) is 8.42 Å². The highest BCUT2D eigenvalue weighted by molar-refractivity contribution is 7.94. The van der Waals surface area contributed by atoms with Gasteiger partial charge in [-0.2, -0.15) is 0 Å². The first-order valence-corrected chi connectivity index (χ1v) is 10.9. The summed E-state index contributed by atoms with van der Waals surface area (Å²) in [6.45, 7) is 3.76. The van der Waals surface area contributed by atoms with E-state index in [1.165, 1.54) is 6.08 Å². The van der Waals surface area contributed by atoms with Crippen molar-refractivity contribution in [1.29, 1.82) is 0 Å². The van der Waals surface area contributed by atoms with Crippen LogP contribution in [0.2, 0.25) is 0 Å². The van der Waals surface area contributed by atoms with Crippen LogP contribution in [0, 0.1) is 0 Å². The molecule has 4 rings (SSSR count). The van der Waals surface area contributed by atoms with Gasteiger partial charge in [-0.3, -0.25) is 4.79 Å². The number of para-hydroxylation sites is 1. The lowest BCUT2D eigenvalue weighted by Gasteiger charge is -2.55. The SMILES string of the molecule is C=CC[C@@]1(S(=O)(=O)c2ccccc2)C(=O)N(c2ccccc2)[C@@H]1c1ccccc1. The highest BCUT2D eigenvalue weighted by atomic mass is 32.2. The second kappa shape index (κ2) is 7.33. The molecule has 0 radical (unpaired) electrons. The summed E-state index contributed by atoms with van der Waals surface area (Å²) in [6, 6.07) is 26.0. The number of rotatable bonds is 6. The van der Waals surface area contributed by atoms with Crippen molar-refractivity contribution < 1.29 is 13.2 Å². The molecule has 0 N–H and O–H groups in total. The molecule has 3 aromatic rings. The molecule has 146 valence electrons. The Morgan fingerprint density at radius 2 is 1.38 bits per heavy atom. The highest BCUT2D eigenvalue weighted by Crippen LogP contribution is 2.54. The number of hydrogen-bond acceptors (Lipinski definition) is 3. The average molecular weight is 404 g/mol. The third-order valence-corrected chi connectivity index (χ3v) is 7.83. The van der Waals surface area contributed by atoms with Crippen LogP contribution in [0.15, 0.2) is 109 Å². The number of β-lactam (4-membered cyclic amide) rings is 1. The number of benzene rings is 3. The van der Waals surface area contributed by atoms with Gasteiger partial charge in [0.25, 0.3) is 5.91 Å². The summed E-state index contributed by atoms with van der Waals surface area (Å²) in [4.78, 5) is 15.3. The summed E-state index contributed by atoms with van der Waals surface area (Å²) in [6.07, 6.45) is 1.56. The molecule has 3 aromatic carbocycles. The summed E-state index contributed by atoms with van der Waals surface area (Å²) in [5.74, 6) is -0.429. The minimum atomic E-state index is -3.98. The van der Waals surface area contributed by atoms with E-state index in [1.807, 2.05) is 60.7 Å². The smallest absolute Gasteiger partial charge is 0.252 e. The molecular formula is C24H21NO3S. The Hall–Kier alpha value is -3.18. The fraction of sp³-hybridized carbons (Fsp3) is 0.125. The molecule has 1 aliphatic heterocycles. The molecule has 1 saturated heterocycles. The molecule has 29 heavy (non-hydrogen) atoms. The Bertz CT molecular complexity index is 1130. The van der Waals surface area contributed by atoms with E-state index < -0.39 is 26.5 Å². The van der Waals surface area contributed by atoms with Crippen molar-refractivity contribution in [3.8, 4) is 0 Å². The van der Waals surface area contributed by atoms with Gasteiger partial charge in [0.1, 0.15) is 0 Å². The third-order valence-electron chi connectivity index (χ3n) is 5.41. The molecule has 0 saturated carbocycles. The Kier molecular flexibility index (Phi) is 4.84. The monoisotopic (exact) mass is 403 g/mol. The fourth-order valence-corrected chi connectivity index (χ4v) is 6.22. The summed E-state index contributed by atoms with van der Waals surface area (Å²) in [5.41, 5.74) is 1.45. The number of anilines is 1. The van der Waals surface area contributed by atoms with Gasteiger partial charge in [0.05, 0.1) is 10.9 Å². The first-order valence-electron chi connectivity index (χ1n) is 9.38. The largest absolute Gasteiger partial charge is 0.301 e. The fourth-order valence-electron chi connectivity index (χ4n) is 4.08. The van der Waals surface area contributed by atoms with Gasteiger partial charge >= 0.3 is 0 Å². The van der Waals surface area contributed by atoms with Crippen LogP contribution in [-0.2, 0) is 14.6 Å². The van der Waals surface area contributed by atoms with E-state index in [2.05, 4.69) is 6.58 Å². The number of allylic oxidation sites excluding steroid dienone is 1. The molecule has 0 spiro atoms. The van der Waals surface area contributed by atoms with Crippen LogP contribution in [0.5, 0.6) is 0 Å². The first kappa shape index (κ1) is 19.2. The van der Waals surface area contributed by atoms with E-state index in [0.29, 0.717) is 5.69 Å². The van der Waals surface area contributed by atoms with E-state index in [0.717, 1.165) is 5.56 Å². The van der Waals surface area contributed by atoms with Gasteiger partial charge < -0.3 is 4.90 Å². The molecule has 1 aliphatic rings. The number of amides is 1. The Morgan fingerprint density at radius 3 is 1.93 bits per heavy atom. The predicted octanol–water partition coefficient (Wildman–Crippen LogP) is 4.56. The van der Waals surface area contributed by atoms with Crippen LogP contribution >= 0.6 is 0 Å². The molecule has 5 heteroatoms. The topological polar surface area (TPSA) is 54.5 Å². The van der Waals surface area contributed by atoms with E-state index in [1.54, 1.807) is 35.2 Å². The van der Waals surface area contributed by atoms with E-state index in [-0.39, 0.29) is 11.3 Å². The maximum atomic E-state index is 13.8. The summed E-state index contributed by atoms with van der Waals surface area (Å²) >= 11 is 0. The van der Waals surface area contributed by atoms with Crippen LogP contribution in [-0.4, -0.2) is 19.1 Å². The van der Waals surface area contributed by atoms with E-state index in [4.69, 9.17) is 0 Å². The van der Waals surface area contributed by atoms with Gasteiger partial charge in [-0.15, -0.1) is 6.58 Å². The van der Waals surface area contributed by atoms with Crippen LogP contribution in [0.4, 0.5) is 5.69 Å². The van der Waals surface area contributed by atoms with Crippen LogP contribution < -0.4 is 4.90 Å². The number of carbonyl (C=O) groups excluding carboxylic acids is 1. The van der Waals surface area contributed by atoms with Gasteiger partial charge in [-0.05, 0) is 36.2 Å². The number of nitrogens with zero attached hydrogens (tertiary/aromatic N) is 1. The molecule has 1 fully saturated rings. The normalized spacial score (nSPS) is 21.4. The molecule has 0 aliphatic carbocycles. The van der Waals surface area contributed by atoms with Crippen molar-refractivity contribution in [2.24, 2.45) is 0 Å². The number of hydrogen-bond donors (Lipinski definition) is 0. The van der Waals surface area contributed by atoms with E-state index in [9.17, 15) is 13.2 Å². The Balaban J connectivity index is 1.95. The molecule has 4 nitrogen and oxygen atoms in total. The Morgan fingerprint density at radius 1 is 0.862 bits per heavy atom. The van der Waals surface area contributed by atoms with E-state index >= 15 is 0 Å². The zero-order valence-corrected chi connectivity index (χ0v) is 16.6. The zero-order chi connectivity index (χ0) is 20.5. The predicted molar refractivity (Wildman–Crippen MR) is 114 cm³/mol. The quantitative estimate of drug-likeness (QED) is 0.448. The second-order valence-electron chi connectivity index (χ2n) is 7.02. The summed E-state index contributed by atoms with van der Waals surface area (Å²) in [5, 5.41) is 0. The minimum Gasteiger partial charge on any atom is -0.301 e. The zero-order valence-electron chi connectivity index (χ0n) is 15.8. The third kappa shape index (κ3) is 2.81. The maximum absolute atomic E-state index is 13.8. The highest BCUT2D eigenvalue weighted by Gasteiger charge is 2.68. The lowest BCUT2D eigenvalue weighted by Crippen LogP contribution is -2.72. The average Bonchev–Trinajstić information content (AvgIpc) is 2.77. The number of carbonyl (C=O) groups is 1. The molecular weight excluding hydrogens is 382 g/mol. The second-order valence-corrected chi connectivity index (χ2v) is 9.23. The number of sulfone groups is 1. The van der Waals surface area contributed by atoms with Gasteiger partial charge in [-0.1, -0.05) is 72.8 Å². The molecule has 1 heterocycles. The summed E-state index contributed by atoms with van der Waals surface area (Å²) in [7, 11) is -3.98.